The Labute approximate surface area is 84.0 Å². The fraction of sp³-hybridized carbons (Fsp3) is 0.778. The van der Waals surface area contributed by atoms with Crippen LogP contribution in [0.25, 0.3) is 0 Å². The van der Waals surface area contributed by atoms with Crippen molar-refractivity contribution in [2.75, 3.05) is 20.3 Å². The molecule has 5 heteroatoms. The third-order valence-electron chi connectivity index (χ3n) is 1.05. The van der Waals surface area contributed by atoms with E-state index in [1.807, 2.05) is 0 Å². The average Bonchev–Trinajstić information content (AvgIpc) is 2.02. The highest BCUT2D eigenvalue weighted by Crippen LogP contribution is 1.90. The number of ether oxygens (including phenoxy) is 2. The molecule has 0 aliphatic heterocycles. The van der Waals surface area contributed by atoms with Gasteiger partial charge in [-0.3, -0.25) is 9.59 Å². The van der Waals surface area contributed by atoms with Gasteiger partial charge in [-0.05, 0) is 12.8 Å². The van der Waals surface area contributed by atoms with E-state index in [9.17, 15) is 4.79 Å². The standard InChI is InChI=1S/C7H14O3.C2H4O2/c1-7(8)10-6-4-3-5-9-2;1-2(3)4/h3-6H2,1-2H3;1H3,(H,3,4). The SMILES string of the molecule is CC(=O)O.COCCCCOC(C)=O. The molecule has 0 saturated heterocycles. The summed E-state index contributed by atoms with van der Waals surface area (Å²) in [4.78, 5) is 19.2. The largest absolute Gasteiger partial charge is 0.481 e. The van der Waals surface area contributed by atoms with Gasteiger partial charge in [-0.2, -0.15) is 0 Å². The number of aliphatic carboxylic acids is 1. The Morgan fingerprint density at radius 3 is 1.93 bits per heavy atom. The van der Waals surface area contributed by atoms with Crippen LogP contribution in [0, 0.1) is 0 Å². The molecule has 0 rings (SSSR count). The highest BCUT2D eigenvalue weighted by molar-refractivity contribution is 5.65. The van der Waals surface area contributed by atoms with Crippen molar-refractivity contribution in [2.24, 2.45) is 0 Å². The summed E-state index contributed by atoms with van der Waals surface area (Å²) >= 11 is 0. The molecule has 84 valence electrons. The zero-order valence-corrected chi connectivity index (χ0v) is 8.91. The zero-order valence-electron chi connectivity index (χ0n) is 8.91. The van der Waals surface area contributed by atoms with E-state index < -0.39 is 5.97 Å². The number of unbranched alkanes of at least 4 members (excludes halogenated alkanes) is 1. The lowest BCUT2D eigenvalue weighted by atomic mass is 10.3. The number of carboxylic acids is 1. The van der Waals surface area contributed by atoms with Gasteiger partial charge in [0.05, 0.1) is 6.61 Å². The molecule has 0 saturated carbocycles. The fourth-order valence-electron chi connectivity index (χ4n) is 0.564. The van der Waals surface area contributed by atoms with Crippen LogP contribution in [-0.2, 0) is 19.1 Å². The van der Waals surface area contributed by atoms with Gasteiger partial charge in [-0.25, -0.2) is 0 Å². The van der Waals surface area contributed by atoms with E-state index in [2.05, 4.69) is 0 Å². The summed E-state index contributed by atoms with van der Waals surface area (Å²) in [5.74, 6) is -1.04. The molecular formula is C9H18O5. The molecule has 0 radical (unpaired) electrons. The monoisotopic (exact) mass is 206 g/mol. The number of hydrogen-bond acceptors (Lipinski definition) is 4. The summed E-state index contributed by atoms with van der Waals surface area (Å²) in [5, 5.41) is 7.42. The normalized spacial score (nSPS) is 8.50. The van der Waals surface area contributed by atoms with E-state index in [0.717, 1.165) is 26.4 Å². The predicted molar refractivity (Wildman–Crippen MR) is 51.1 cm³/mol. The van der Waals surface area contributed by atoms with Crippen molar-refractivity contribution >= 4 is 11.9 Å². The van der Waals surface area contributed by atoms with Crippen LogP contribution in [0.3, 0.4) is 0 Å². The Bertz CT molecular complexity index is 151. The lowest BCUT2D eigenvalue weighted by Crippen LogP contribution is -2.01. The molecular weight excluding hydrogens is 188 g/mol. The number of carbonyl (C=O) groups is 2. The van der Waals surface area contributed by atoms with Gasteiger partial charge < -0.3 is 14.6 Å². The molecule has 0 atom stereocenters. The Hall–Kier alpha value is -1.10. The Morgan fingerprint density at radius 2 is 1.57 bits per heavy atom. The van der Waals surface area contributed by atoms with Gasteiger partial charge in [0.15, 0.2) is 0 Å². The molecule has 0 aromatic rings. The maximum atomic E-state index is 10.2. The molecule has 0 bridgehead atoms. The van der Waals surface area contributed by atoms with Gasteiger partial charge in [0.1, 0.15) is 0 Å². The summed E-state index contributed by atoms with van der Waals surface area (Å²) in [6, 6.07) is 0. The van der Waals surface area contributed by atoms with Crippen molar-refractivity contribution in [3.63, 3.8) is 0 Å². The van der Waals surface area contributed by atoms with Crippen molar-refractivity contribution in [2.45, 2.75) is 26.7 Å². The van der Waals surface area contributed by atoms with Gasteiger partial charge in [0, 0.05) is 27.6 Å². The van der Waals surface area contributed by atoms with Crippen molar-refractivity contribution in [3.8, 4) is 0 Å². The van der Waals surface area contributed by atoms with Gasteiger partial charge in [0.25, 0.3) is 5.97 Å². The first kappa shape index (κ1) is 15.4. The third-order valence-corrected chi connectivity index (χ3v) is 1.05. The summed E-state index contributed by atoms with van der Waals surface area (Å²) in [6.45, 7) is 3.75. The van der Waals surface area contributed by atoms with E-state index in [0.29, 0.717) is 6.61 Å². The van der Waals surface area contributed by atoms with E-state index in [-0.39, 0.29) is 5.97 Å². The predicted octanol–water partition coefficient (Wildman–Crippen LogP) is 1.07. The Balaban J connectivity index is 0. The molecule has 14 heavy (non-hydrogen) atoms. The molecule has 0 unspecified atom stereocenters. The second kappa shape index (κ2) is 11.9. The molecule has 0 aromatic heterocycles. The van der Waals surface area contributed by atoms with Gasteiger partial charge >= 0.3 is 5.97 Å². The van der Waals surface area contributed by atoms with Crippen molar-refractivity contribution in [1.82, 2.24) is 0 Å². The first-order valence-electron chi connectivity index (χ1n) is 4.32. The molecule has 0 fully saturated rings. The van der Waals surface area contributed by atoms with Crippen molar-refractivity contribution in [1.29, 1.82) is 0 Å². The Morgan fingerprint density at radius 1 is 1.14 bits per heavy atom. The van der Waals surface area contributed by atoms with E-state index in [1.54, 1.807) is 7.11 Å². The van der Waals surface area contributed by atoms with E-state index in [1.165, 1.54) is 6.92 Å². The topological polar surface area (TPSA) is 72.8 Å². The molecule has 0 aliphatic carbocycles. The quantitative estimate of drug-likeness (QED) is 0.538. The third kappa shape index (κ3) is 30.7. The van der Waals surface area contributed by atoms with Crippen LogP contribution in [-0.4, -0.2) is 37.4 Å². The van der Waals surface area contributed by atoms with Gasteiger partial charge in [-0.15, -0.1) is 0 Å². The molecule has 1 N–H and O–H groups in total. The molecule has 0 amide bonds. The number of methoxy groups -OCH3 is 1. The van der Waals surface area contributed by atoms with Gasteiger partial charge in [0.2, 0.25) is 0 Å². The van der Waals surface area contributed by atoms with Crippen molar-refractivity contribution < 1.29 is 24.2 Å². The second-order valence-electron chi connectivity index (χ2n) is 2.56. The minimum absolute atomic E-state index is 0.211. The highest BCUT2D eigenvalue weighted by Gasteiger charge is 1.91. The number of esters is 1. The van der Waals surface area contributed by atoms with Crippen LogP contribution >= 0.6 is 0 Å². The lowest BCUT2D eigenvalue weighted by Gasteiger charge is -1.99. The van der Waals surface area contributed by atoms with Crippen LogP contribution in [0.2, 0.25) is 0 Å². The van der Waals surface area contributed by atoms with Crippen LogP contribution in [0.5, 0.6) is 0 Å². The number of hydrogen-bond donors (Lipinski definition) is 1. The number of carbonyl (C=O) groups excluding carboxylic acids is 1. The number of carboxylic acid groups (broad SMARTS) is 1. The van der Waals surface area contributed by atoms with Crippen LogP contribution in [0.1, 0.15) is 26.7 Å². The molecule has 0 heterocycles. The van der Waals surface area contributed by atoms with Crippen LogP contribution < -0.4 is 0 Å². The highest BCUT2D eigenvalue weighted by atomic mass is 16.5. The van der Waals surface area contributed by atoms with Crippen molar-refractivity contribution in [3.05, 3.63) is 0 Å². The first-order chi connectivity index (χ1) is 6.50. The molecule has 0 aliphatic rings. The maximum Gasteiger partial charge on any atom is 0.302 e. The summed E-state index contributed by atoms with van der Waals surface area (Å²) in [5.41, 5.74) is 0. The summed E-state index contributed by atoms with van der Waals surface area (Å²) in [7, 11) is 1.66. The average molecular weight is 206 g/mol. The minimum Gasteiger partial charge on any atom is -0.481 e. The van der Waals surface area contributed by atoms with Crippen LogP contribution in [0.15, 0.2) is 0 Å². The molecule has 5 nitrogen and oxygen atoms in total. The summed E-state index contributed by atoms with van der Waals surface area (Å²) in [6.07, 6.45) is 1.83. The minimum atomic E-state index is -0.833. The second-order valence-corrected chi connectivity index (χ2v) is 2.56. The molecule has 0 spiro atoms. The summed E-state index contributed by atoms with van der Waals surface area (Å²) < 4.78 is 9.50. The van der Waals surface area contributed by atoms with E-state index in [4.69, 9.17) is 19.4 Å². The maximum absolute atomic E-state index is 10.2. The van der Waals surface area contributed by atoms with E-state index >= 15 is 0 Å². The zero-order chi connectivity index (χ0) is 11.4. The number of rotatable bonds is 5. The Kier molecular flexibility index (Phi) is 13.1. The van der Waals surface area contributed by atoms with Gasteiger partial charge in [-0.1, -0.05) is 0 Å². The lowest BCUT2D eigenvalue weighted by molar-refractivity contribution is -0.141. The fourth-order valence-corrected chi connectivity index (χ4v) is 0.564. The van der Waals surface area contributed by atoms with Crippen LogP contribution in [0.4, 0.5) is 0 Å². The first-order valence-corrected chi connectivity index (χ1v) is 4.32. The molecule has 0 aromatic carbocycles. The smallest absolute Gasteiger partial charge is 0.302 e.